The molecule has 1 aromatic rings. The van der Waals surface area contributed by atoms with E-state index < -0.39 is 11.6 Å². The number of nitrogens with one attached hydrogen (secondary N) is 2. The average molecular weight is 453 g/mol. The van der Waals surface area contributed by atoms with E-state index in [4.69, 9.17) is 16.3 Å². The second kappa shape index (κ2) is 11.3. The fourth-order valence-electron chi connectivity index (χ4n) is 3.28. The minimum Gasteiger partial charge on any atom is -0.444 e. The van der Waals surface area contributed by atoms with Gasteiger partial charge in [0.2, 0.25) is 11.8 Å². The van der Waals surface area contributed by atoms with Gasteiger partial charge < -0.3 is 20.3 Å². The zero-order valence-corrected chi connectivity index (χ0v) is 19.5. The van der Waals surface area contributed by atoms with Gasteiger partial charge in [-0.15, -0.1) is 0 Å². The first-order valence-electron chi connectivity index (χ1n) is 10.5. The second-order valence-corrected chi connectivity index (χ2v) is 9.10. The molecule has 172 valence electrons. The molecule has 1 aromatic carbocycles. The van der Waals surface area contributed by atoms with Gasteiger partial charge in [-0.2, -0.15) is 0 Å². The topological polar surface area (TPSA) is 91.0 Å². The molecule has 0 saturated carbocycles. The van der Waals surface area contributed by atoms with E-state index in [9.17, 15) is 14.4 Å². The van der Waals surface area contributed by atoms with Crippen molar-refractivity contribution in [1.82, 2.24) is 20.4 Å². The number of halogens is 1. The van der Waals surface area contributed by atoms with Crippen molar-refractivity contribution < 1.29 is 19.1 Å². The number of nitrogens with zero attached hydrogens (tertiary/aromatic N) is 2. The molecule has 0 radical (unpaired) electrons. The highest BCUT2D eigenvalue weighted by molar-refractivity contribution is 6.30. The molecule has 9 heteroatoms. The van der Waals surface area contributed by atoms with Crippen LogP contribution in [0.1, 0.15) is 45.7 Å². The van der Waals surface area contributed by atoms with Crippen molar-refractivity contribution in [2.24, 2.45) is 0 Å². The van der Waals surface area contributed by atoms with E-state index in [0.29, 0.717) is 31.2 Å². The fourth-order valence-corrected chi connectivity index (χ4v) is 3.41. The third kappa shape index (κ3) is 9.14. The third-order valence-electron chi connectivity index (χ3n) is 4.81. The molecule has 2 rings (SSSR count). The summed E-state index contributed by atoms with van der Waals surface area (Å²) in [4.78, 5) is 40.0. The van der Waals surface area contributed by atoms with Crippen LogP contribution in [-0.4, -0.2) is 72.6 Å². The zero-order chi connectivity index (χ0) is 23.0. The van der Waals surface area contributed by atoms with Gasteiger partial charge in [0.15, 0.2) is 0 Å². The largest absolute Gasteiger partial charge is 0.444 e. The third-order valence-corrected chi connectivity index (χ3v) is 5.07. The predicted octanol–water partition coefficient (Wildman–Crippen LogP) is 2.58. The van der Waals surface area contributed by atoms with E-state index in [-0.39, 0.29) is 24.3 Å². The molecule has 1 atom stereocenters. The Morgan fingerprint density at radius 3 is 2.26 bits per heavy atom. The molecule has 2 N–H and O–H groups in total. The standard InChI is InChI=1S/C22H33ClN4O4/c1-16(28)25-19(17-5-7-18(23)8-6-17)15-20(29)24-9-10-26-11-13-27(14-12-26)21(30)31-22(2,3)4/h5-8,19H,9-15H2,1-4H3,(H,24,29)(H,25,28). The number of hydrogen-bond donors (Lipinski definition) is 2. The minimum atomic E-state index is -0.500. The van der Waals surface area contributed by atoms with Gasteiger partial charge >= 0.3 is 6.09 Å². The van der Waals surface area contributed by atoms with E-state index in [2.05, 4.69) is 15.5 Å². The van der Waals surface area contributed by atoms with Gasteiger partial charge in [-0.1, -0.05) is 23.7 Å². The minimum absolute atomic E-state index is 0.138. The van der Waals surface area contributed by atoms with E-state index in [1.54, 1.807) is 29.2 Å². The molecular formula is C22H33ClN4O4. The molecule has 1 aliphatic heterocycles. The molecule has 1 saturated heterocycles. The van der Waals surface area contributed by atoms with Crippen LogP contribution in [0.3, 0.4) is 0 Å². The smallest absolute Gasteiger partial charge is 0.410 e. The van der Waals surface area contributed by atoms with E-state index in [0.717, 1.165) is 18.7 Å². The molecule has 1 fully saturated rings. The van der Waals surface area contributed by atoms with Crippen LogP contribution in [0.4, 0.5) is 4.79 Å². The maximum absolute atomic E-state index is 12.4. The zero-order valence-electron chi connectivity index (χ0n) is 18.7. The van der Waals surface area contributed by atoms with Gasteiger partial charge in [0.1, 0.15) is 5.60 Å². The van der Waals surface area contributed by atoms with E-state index in [1.165, 1.54) is 6.92 Å². The van der Waals surface area contributed by atoms with E-state index >= 15 is 0 Å². The maximum Gasteiger partial charge on any atom is 0.410 e. The van der Waals surface area contributed by atoms with Crippen LogP contribution in [0, 0.1) is 0 Å². The van der Waals surface area contributed by atoms with Crippen LogP contribution in [0.15, 0.2) is 24.3 Å². The number of carbonyl (C=O) groups is 3. The normalized spacial score (nSPS) is 15.8. The predicted molar refractivity (Wildman–Crippen MR) is 120 cm³/mol. The number of hydrogen-bond acceptors (Lipinski definition) is 5. The summed E-state index contributed by atoms with van der Waals surface area (Å²) < 4.78 is 5.41. The summed E-state index contributed by atoms with van der Waals surface area (Å²) in [5.74, 6) is -0.336. The molecule has 0 aliphatic carbocycles. The second-order valence-electron chi connectivity index (χ2n) is 8.67. The quantitative estimate of drug-likeness (QED) is 0.663. The van der Waals surface area contributed by atoms with Gasteiger partial charge in [-0.25, -0.2) is 4.79 Å². The lowest BCUT2D eigenvalue weighted by Gasteiger charge is -2.35. The SMILES string of the molecule is CC(=O)NC(CC(=O)NCCN1CCN(C(=O)OC(C)(C)C)CC1)c1ccc(Cl)cc1. The molecule has 1 aliphatic rings. The van der Waals surface area contributed by atoms with Crippen LogP contribution in [0.25, 0.3) is 0 Å². The number of benzene rings is 1. The molecule has 1 heterocycles. The Morgan fingerprint density at radius 2 is 1.71 bits per heavy atom. The van der Waals surface area contributed by atoms with Crippen molar-refractivity contribution in [3.8, 4) is 0 Å². The highest BCUT2D eigenvalue weighted by Crippen LogP contribution is 2.19. The number of ether oxygens (including phenoxy) is 1. The number of rotatable bonds is 7. The molecule has 8 nitrogen and oxygen atoms in total. The maximum atomic E-state index is 12.4. The van der Waals surface area contributed by atoms with Gasteiger partial charge in [0, 0.05) is 51.2 Å². The van der Waals surface area contributed by atoms with Gasteiger partial charge in [0.25, 0.3) is 0 Å². The molecule has 31 heavy (non-hydrogen) atoms. The Bertz CT molecular complexity index is 756. The molecule has 0 aromatic heterocycles. The summed E-state index contributed by atoms with van der Waals surface area (Å²) in [7, 11) is 0. The van der Waals surface area contributed by atoms with Crippen LogP contribution in [0.2, 0.25) is 5.02 Å². The lowest BCUT2D eigenvalue weighted by Crippen LogP contribution is -2.51. The first-order chi connectivity index (χ1) is 14.5. The van der Waals surface area contributed by atoms with Crippen molar-refractivity contribution in [2.45, 2.75) is 45.8 Å². The average Bonchev–Trinajstić information content (AvgIpc) is 2.67. The van der Waals surface area contributed by atoms with Crippen molar-refractivity contribution in [3.05, 3.63) is 34.9 Å². The molecule has 3 amide bonds. The number of carbonyl (C=O) groups excluding carboxylic acids is 3. The van der Waals surface area contributed by atoms with Crippen LogP contribution >= 0.6 is 11.6 Å². The Kier molecular flexibility index (Phi) is 9.13. The van der Waals surface area contributed by atoms with E-state index in [1.807, 2.05) is 20.8 Å². The van der Waals surface area contributed by atoms with Crippen molar-refractivity contribution in [3.63, 3.8) is 0 Å². The summed E-state index contributed by atoms with van der Waals surface area (Å²) in [5.41, 5.74) is 0.326. The molecule has 0 spiro atoms. The number of piperazine rings is 1. The van der Waals surface area contributed by atoms with Gasteiger partial charge in [0.05, 0.1) is 12.5 Å². The first-order valence-corrected chi connectivity index (χ1v) is 10.9. The van der Waals surface area contributed by atoms with Crippen molar-refractivity contribution in [1.29, 1.82) is 0 Å². The highest BCUT2D eigenvalue weighted by Gasteiger charge is 2.25. The Balaban J connectivity index is 1.74. The highest BCUT2D eigenvalue weighted by atomic mass is 35.5. The Morgan fingerprint density at radius 1 is 1.10 bits per heavy atom. The Hall–Kier alpha value is -2.32. The summed E-state index contributed by atoms with van der Waals surface area (Å²) in [6.07, 6.45) is -0.139. The number of amides is 3. The lowest BCUT2D eigenvalue weighted by atomic mass is 10.0. The van der Waals surface area contributed by atoms with Crippen molar-refractivity contribution in [2.75, 3.05) is 39.3 Å². The Labute approximate surface area is 189 Å². The monoisotopic (exact) mass is 452 g/mol. The fraction of sp³-hybridized carbons (Fsp3) is 0.591. The van der Waals surface area contributed by atoms with Gasteiger partial charge in [-0.05, 0) is 38.5 Å². The summed E-state index contributed by atoms with van der Waals surface area (Å²) in [6.45, 7) is 10.8. The van der Waals surface area contributed by atoms with Crippen molar-refractivity contribution >= 4 is 29.5 Å². The first kappa shape index (κ1) is 24.9. The van der Waals surface area contributed by atoms with Crippen LogP contribution in [-0.2, 0) is 14.3 Å². The summed E-state index contributed by atoms with van der Waals surface area (Å²) in [6, 6.07) is 6.68. The summed E-state index contributed by atoms with van der Waals surface area (Å²) >= 11 is 5.92. The van der Waals surface area contributed by atoms with Crippen LogP contribution in [0.5, 0.6) is 0 Å². The molecular weight excluding hydrogens is 420 g/mol. The molecule has 1 unspecified atom stereocenters. The lowest BCUT2D eigenvalue weighted by molar-refractivity contribution is -0.122. The van der Waals surface area contributed by atoms with Gasteiger partial charge in [-0.3, -0.25) is 14.5 Å². The molecule has 0 bridgehead atoms. The van der Waals surface area contributed by atoms with Crippen LogP contribution < -0.4 is 10.6 Å². The summed E-state index contributed by atoms with van der Waals surface area (Å²) in [5, 5.41) is 6.33.